The van der Waals surface area contributed by atoms with Crippen molar-refractivity contribution in [1.82, 2.24) is 14.8 Å². The summed E-state index contributed by atoms with van der Waals surface area (Å²) < 4.78 is 7.97. The molecule has 158 valence electrons. The average molecular weight is 453 g/mol. The molecule has 0 radical (unpaired) electrons. The molecule has 0 fully saturated rings. The number of carbonyl (C=O) groups excluding carboxylic acids is 1. The molecule has 1 atom stereocenters. The highest BCUT2D eigenvalue weighted by Gasteiger charge is 2.31. The number of aryl methyl sites for hydroxylation is 2. The normalized spacial score (nSPS) is 16.1. The molecule has 0 saturated carbocycles. The van der Waals surface area contributed by atoms with Gasteiger partial charge in [0.2, 0.25) is 11.0 Å². The van der Waals surface area contributed by atoms with Crippen molar-refractivity contribution in [3.05, 3.63) is 58.8 Å². The number of hydrogen-bond donors (Lipinski definition) is 2. The third kappa shape index (κ3) is 3.43. The molecule has 5 rings (SSSR count). The van der Waals surface area contributed by atoms with Gasteiger partial charge in [-0.2, -0.15) is 9.78 Å². The van der Waals surface area contributed by atoms with E-state index in [2.05, 4.69) is 18.3 Å². The minimum atomic E-state index is -0.170. The minimum absolute atomic E-state index is 0.0669. The van der Waals surface area contributed by atoms with E-state index in [1.54, 1.807) is 16.8 Å². The second kappa shape index (κ2) is 7.58. The summed E-state index contributed by atoms with van der Waals surface area (Å²) in [5, 5.41) is 18.6. The molecular weight excluding hydrogens is 432 g/mol. The van der Waals surface area contributed by atoms with Crippen LogP contribution in [0.15, 0.2) is 36.4 Å². The number of aromatic nitrogens is 3. The van der Waals surface area contributed by atoms with Crippen molar-refractivity contribution in [1.29, 1.82) is 0 Å². The van der Waals surface area contributed by atoms with Crippen molar-refractivity contribution in [2.24, 2.45) is 0 Å². The molecule has 1 unspecified atom stereocenters. The van der Waals surface area contributed by atoms with E-state index in [1.807, 2.05) is 25.1 Å². The zero-order valence-electron chi connectivity index (χ0n) is 17.2. The van der Waals surface area contributed by atoms with Crippen LogP contribution in [0.3, 0.4) is 0 Å². The van der Waals surface area contributed by atoms with Crippen LogP contribution in [0.1, 0.15) is 27.6 Å². The summed E-state index contributed by atoms with van der Waals surface area (Å²) in [6.45, 7) is 3.98. The molecule has 0 saturated heterocycles. The van der Waals surface area contributed by atoms with E-state index in [0.29, 0.717) is 22.5 Å². The largest absolute Gasteiger partial charge is 0.504 e. The Morgan fingerprint density at radius 1 is 1.23 bits per heavy atom. The lowest BCUT2D eigenvalue weighted by molar-refractivity contribution is -0.113. The molecule has 0 aliphatic carbocycles. The molecule has 3 heterocycles. The lowest BCUT2D eigenvalue weighted by Crippen LogP contribution is -2.15. The van der Waals surface area contributed by atoms with Gasteiger partial charge in [0, 0.05) is 5.56 Å². The van der Waals surface area contributed by atoms with Gasteiger partial charge < -0.3 is 15.2 Å². The summed E-state index contributed by atoms with van der Waals surface area (Å²) in [6.07, 6.45) is 0. The van der Waals surface area contributed by atoms with Gasteiger partial charge in [-0.3, -0.25) is 4.79 Å². The molecule has 7 nitrogen and oxygen atoms in total. The van der Waals surface area contributed by atoms with Crippen LogP contribution in [0.25, 0.3) is 15.3 Å². The molecule has 1 aliphatic rings. The van der Waals surface area contributed by atoms with Crippen molar-refractivity contribution in [2.75, 3.05) is 18.2 Å². The second-order valence-corrected chi connectivity index (χ2v) is 9.50. The number of benzene rings is 2. The smallest absolute Gasteiger partial charge is 0.235 e. The van der Waals surface area contributed by atoms with Gasteiger partial charge in [-0.15, -0.1) is 11.8 Å². The molecule has 1 aliphatic heterocycles. The van der Waals surface area contributed by atoms with Gasteiger partial charge in [-0.25, -0.2) is 4.98 Å². The molecule has 31 heavy (non-hydrogen) atoms. The number of phenols is 1. The number of ether oxygens (including phenoxy) is 1. The number of aromatic hydroxyl groups is 1. The van der Waals surface area contributed by atoms with Gasteiger partial charge in [0.25, 0.3) is 0 Å². The molecule has 2 N–H and O–H groups in total. The number of rotatable bonds is 3. The highest BCUT2D eigenvalue weighted by atomic mass is 32.2. The number of fused-ring (bicyclic) bond motifs is 2. The monoisotopic (exact) mass is 452 g/mol. The summed E-state index contributed by atoms with van der Waals surface area (Å²) in [5.41, 5.74) is 4.67. The van der Waals surface area contributed by atoms with Crippen molar-refractivity contribution in [3.8, 4) is 16.6 Å². The first kappa shape index (κ1) is 19.9. The number of thioether (sulfide) groups is 1. The average Bonchev–Trinajstić information content (AvgIpc) is 3.23. The van der Waals surface area contributed by atoms with E-state index >= 15 is 0 Å². The zero-order valence-corrected chi connectivity index (χ0v) is 18.8. The quantitative estimate of drug-likeness (QED) is 0.473. The van der Waals surface area contributed by atoms with E-state index in [9.17, 15) is 9.90 Å². The Morgan fingerprint density at radius 3 is 2.84 bits per heavy atom. The maximum Gasteiger partial charge on any atom is 0.235 e. The number of carbonyl (C=O) groups is 1. The van der Waals surface area contributed by atoms with Crippen LogP contribution in [-0.4, -0.2) is 38.6 Å². The minimum Gasteiger partial charge on any atom is -0.504 e. The fraction of sp³-hybridized carbons (Fsp3) is 0.227. The van der Waals surface area contributed by atoms with E-state index in [0.717, 1.165) is 27.0 Å². The highest BCUT2D eigenvalue weighted by molar-refractivity contribution is 8.00. The van der Waals surface area contributed by atoms with Crippen LogP contribution in [0.2, 0.25) is 0 Å². The number of methoxy groups -OCH3 is 1. The van der Waals surface area contributed by atoms with Crippen molar-refractivity contribution in [2.45, 2.75) is 19.1 Å². The van der Waals surface area contributed by atoms with Crippen LogP contribution in [0.5, 0.6) is 11.5 Å². The van der Waals surface area contributed by atoms with Crippen molar-refractivity contribution in [3.63, 3.8) is 0 Å². The predicted molar refractivity (Wildman–Crippen MR) is 124 cm³/mol. The molecule has 1 amide bonds. The van der Waals surface area contributed by atoms with Crippen LogP contribution in [0, 0.1) is 13.8 Å². The van der Waals surface area contributed by atoms with Crippen LogP contribution < -0.4 is 10.1 Å². The standard InChI is InChI=1S/C22H20N4O3S2/c1-11-4-6-14-17(8-11)31-22(23-14)26-21-19(12(2)25-26)20(30-10-18(28)24-21)13-5-7-16(29-3)15(27)9-13/h4-9,20,27H,10H2,1-3H3,(H,24,28). The Labute approximate surface area is 187 Å². The zero-order chi connectivity index (χ0) is 21.7. The van der Waals surface area contributed by atoms with Crippen LogP contribution >= 0.6 is 23.1 Å². The van der Waals surface area contributed by atoms with Crippen LogP contribution in [0.4, 0.5) is 5.82 Å². The summed E-state index contributed by atoms with van der Waals surface area (Å²) in [4.78, 5) is 17.3. The first-order valence-electron chi connectivity index (χ1n) is 9.70. The maximum atomic E-state index is 12.5. The van der Waals surface area contributed by atoms with Gasteiger partial charge >= 0.3 is 0 Å². The fourth-order valence-electron chi connectivity index (χ4n) is 3.77. The molecular formula is C22H20N4O3S2. The Morgan fingerprint density at radius 2 is 2.06 bits per heavy atom. The van der Waals surface area contributed by atoms with Gasteiger partial charge in [-0.05, 0) is 49.2 Å². The van der Waals surface area contributed by atoms with Crippen molar-refractivity contribution >= 4 is 45.0 Å². The third-order valence-corrected chi connectivity index (χ3v) is 7.49. The Balaban J connectivity index is 1.66. The van der Waals surface area contributed by atoms with Gasteiger partial charge in [0.05, 0.1) is 34.0 Å². The summed E-state index contributed by atoms with van der Waals surface area (Å²) >= 11 is 3.04. The second-order valence-electron chi connectivity index (χ2n) is 7.40. The van der Waals surface area contributed by atoms with E-state index in [1.165, 1.54) is 35.8 Å². The van der Waals surface area contributed by atoms with Crippen molar-refractivity contribution < 1.29 is 14.6 Å². The number of anilines is 1. The molecule has 4 aromatic rings. The maximum absolute atomic E-state index is 12.5. The third-order valence-electron chi connectivity index (χ3n) is 5.23. The number of hydrogen-bond acceptors (Lipinski definition) is 7. The summed E-state index contributed by atoms with van der Waals surface area (Å²) in [6, 6.07) is 11.5. The number of thiazole rings is 1. The topological polar surface area (TPSA) is 89.3 Å². The number of phenolic OH excluding ortho intramolecular Hbond substituents is 1. The van der Waals surface area contributed by atoms with Gasteiger partial charge in [0.15, 0.2) is 11.5 Å². The Kier molecular flexibility index (Phi) is 4.86. The molecule has 2 aromatic heterocycles. The van der Waals surface area contributed by atoms with E-state index in [4.69, 9.17) is 14.8 Å². The number of nitrogens with one attached hydrogen (secondary N) is 1. The molecule has 0 bridgehead atoms. The summed E-state index contributed by atoms with van der Waals surface area (Å²) in [5.74, 6) is 1.31. The van der Waals surface area contributed by atoms with Crippen LogP contribution in [-0.2, 0) is 4.79 Å². The highest BCUT2D eigenvalue weighted by Crippen LogP contribution is 2.45. The van der Waals surface area contributed by atoms with Gasteiger partial charge in [0.1, 0.15) is 5.82 Å². The first-order valence-corrected chi connectivity index (χ1v) is 11.6. The Bertz CT molecular complexity index is 1330. The predicted octanol–water partition coefficient (Wildman–Crippen LogP) is 4.59. The van der Waals surface area contributed by atoms with E-state index in [-0.39, 0.29) is 16.9 Å². The lowest BCUT2D eigenvalue weighted by atomic mass is 10.0. The molecule has 0 spiro atoms. The molecule has 9 heteroatoms. The number of nitrogens with zero attached hydrogens (tertiary/aromatic N) is 3. The summed E-state index contributed by atoms with van der Waals surface area (Å²) in [7, 11) is 1.52. The van der Waals surface area contributed by atoms with Gasteiger partial charge in [-0.1, -0.05) is 23.5 Å². The Hall–Kier alpha value is -3.04. The van der Waals surface area contributed by atoms with E-state index < -0.39 is 0 Å². The first-order chi connectivity index (χ1) is 14.9. The SMILES string of the molecule is COc1ccc(C2SCC(=O)Nc3c2c(C)nn3-c2nc3ccc(C)cc3s2)cc1O. The fourth-order valence-corrected chi connectivity index (χ4v) is 5.97. The number of amides is 1. The molecule has 2 aromatic carbocycles. The lowest BCUT2D eigenvalue weighted by Gasteiger charge is -2.16.